The van der Waals surface area contributed by atoms with E-state index in [1.54, 1.807) is 18.2 Å². The van der Waals surface area contributed by atoms with Crippen LogP contribution >= 0.6 is 23.2 Å². The van der Waals surface area contributed by atoms with Crippen molar-refractivity contribution in [1.82, 2.24) is 0 Å². The van der Waals surface area contributed by atoms with Gasteiger partial charge in [-0.3, -0.25) is 0 Å². The lowest BCUT2D eigenvalue weighted by molar-refractivity contribution is 0.581. The van der Waals surface area contributed by atoms with Gasteiger partial charge in [-0.05, 0) is 31.3 Å². The summed E-state index contributed by atoms with van der Waals surface area (Å²) in [6.07, 6.45) is 0. The molecule has 0 aliphatic rings. The van der Waals surface area contributed by atoms with Gasteiger partial charge in [-0.15, -0.1) is 0 Å². The van der Waals surface area contributed by atoms with Crippen LogP contribution in [0.4, 0.5) is 0 Å². The Balaban J connectivity index is 2.85. The Kier molecular flexibility index (Phi) is 3.44. The maximum absolute atomic E-state index is 5.78. The van der Waals surface area contributed by atoms with Crippen LogP contribution in [0.2, 0.25) is 23.1 Å². The molecule has 0 saturated heterocycles. The number of benzene rings is 1. The zero-order valence-corrected chi connectivity index (χ0v) is 9.64. The minimum atomic E-state index is -1.06. The molecule has 0 saturated carbocycles. The van der Waals surface area contributed by atoms with E-state index in [-0.39, 0.29) is 0 Å². The molecule has 0 bridgehead atoms. The molecule has 0 heterocycles. The molecule has 0 aromatic heterocycles. The highest BCUT2D eigenvalue weighted by atomic mass is 35.5. The van der Waals surface area contributed by atoms with Gasteiger partial charge in [0, 0.05) is 10.0 Å². The van der Waals surface area contributed by atoms with Crippen LogP contribution in [0.5, 0.6) is 5.75 Å². The topological polar surface area (TPSA) is 9.23 Å². The second-order valence-corrected chi connectivity index (χ2v) is 5.98. The molecule has 66 valence electrons. The van der Waals surface area contributed by atoms with E-state index < -0.39 is 9.04 Å². The van der Waals surface area contributed by atoms with Crippen molar-refractivity contribution in [3.05, 3.63) is 28.2 Å². The molecule has 0 radical (unpaired) electrons. The molecule has 1 rings (SSSR count). The van der Waals surface area contributed by atoms with Crippen LogP contribution in [0.15, 0.2) is 18.2 Å². The van der Waals surface area contributed by atoms with Gasteiger partial charge in [0.05, 0.1) is 0 Å². The Morgan fingerprint density at radius 3 is 2.00 bits per heavy atom. The van der Waals surface area contributed by atoms with Gasteiger partial charge >= 0.3 is 0 Å². The summed E-state index contributed by atoms with van der Waals surface area (Å²) in [6, 6.07) is 5.25. The maximum atomic E-state index is 5.78. The van der Waals surface area contributed by atoms with Crippen LogP contribution in [0.25, 0.3) is 0 Å². The number of hydrogen-bond donors (Lipinski definition) is 0. The molecular formula is C8H10Cl2OSi. The molecule has 1 nitrogen and oxygen atoms in total. The molecule has 1 aromatic carbocycles. The van der Waals surface area contributed by atoms with Gasteiger partial charge in [0.25, 0.3) is 0 Å². The van der Waals surface area contributed by atoms with E-state index in [0.29, 0.717) is 10.0 Å². The summed E-state index contributed by atoms with van der Waals surface area (Å²) < 4.78 is 5.55. The van der Waals surface area contributed by atoms with Crippen LogP contribution in [0, 0.1) is 0 Å². The summed E-state index contributed by atoms with van der Waals surface area (Å²) in [7, 11) is -1.06. The predicted octanol–water partition coefficient (Wildman–Crippen LogP) is 3.36. The van der Waals surface area contributed by atoms with Gasteiger partial charge in [0.15, 0.2) is 0 Å². The zero-order chi connectivity index (χ0) is 9.14. The Bertz CT molecular complexity index is 256. The molecular weight excluding hydrogens is 211 g/mol. The van der Waals surface area contributed by atoms with E-state index in [9.17, 15) is 0 Å². The first-order chi connectivity index (χ1) is 5.58. The first-order valence-corrected chi connectivity index (χ1v) is 7.24. The van der Waals surface area contributed by atoms with Crippen molar-refractivity contribution in [3.8, 4) is 5.75 Å². The summed E-state index contributed by atoms with van der Waals surface area (Å²) in [4.78, 5) is 0. The van der Waals surface area contributed by atoms with Gasteiger partial charge in [-0.1, -0.05) is 23.2 Å². The Hall–Kier alpha value is -0.183. The van der Waals surface area contributed by atoms with E-state index in [1.165, 1.54) is 0 Å². The van der Waals surface area contributed by atoms with Crippen LogP contribution in [-0.2, 0) is 0 Å². The minimum Gasteiger partial charge on any atom is -0.547 e. The average Bonchev–Trinajstić information content (AvgIpc) is 1.81. The monoisotopic (exact) mass is 220 g/mol. The summed E-state index contributed by atoms with van der Waals surface area (Å²) in [5.74, 6) is 0.772. The maximum Gasteiger partial charge on any atom is 0.229 e. The molecule has 0 unspecified atom stereocenters. The number of hydrogen-bond acceptors (Lipinski definition) is 1. The molecule has 4 heteroatoms. The lowest BCUT2D eigenvalue weighted by Crippen LogP contribution is -2.10. The second-order valence-electron chi connectivity index (χ2n) is 2.77. The molecule has 0 fully saturated rings. The van der Waals surface area contributed by atoms with Crippen molar-refractivity contribution in [2.45, 2.75) is 13.1 Å². The molecule has 0 N–H and O–H groups in total. The van der Waals surface area contributed by atoms with Crippen molar-refractivity contribution >= 4 is 32.2 Å². The molecule has 0 atom stereocenters. The molecule has 0 aliphatic heterocycles. The Labute approximate surface area is 84.0 Å². The predicted molar refractivity (Wildman–Crippen MR) is 56.0 cm³/mol. The van der Waals surface area contributed by atoms with Gasteiger partial charge in [0.1, 0.15) is 5.75 Å². The van der Waals surface area contributed by atoms with Crippen molar-refractivity contribution in [3.63, 3.8) is 0 Å². The highest BCUT2D eigenvalue weighted by Crippen LogP contribution is 2.24. The first-order valence-electron chi connectivity index (χ1n) is 3.70. The smallest absolute Gasteiger partial charge is 0.229 e. The molecule has 0 spiro atoms. The van der Waals surface area contributed by atoms with Gasteiger partial charge < -0.3 is 4.43 Å². The van der Waals surface area contributed by atoms with E-state index in [2.05, 4.69) is 13.1 Å². The van der Waals surface area contributed by atoms with E-state index in [1.807, 2.05) is 0 Å². The summed E-state index contributed by atoms with van der Waals surface area (Å²) in [5, 5.41) is 1.24. The third-order valence-corrected chi connectivity index (χ3v) is 2.39. The van der Waals surface area contributed by atoms with Crippen molar-refractivity contribution in [2.24, 2.45) is 0 Å². The van der Waals surface area contributed by atoms with Gasteiger partial charge in [-0.2, -0.15) is 0 Å². The average molecular weight is 221 g/mol. The quantitative estimate of drug-likeness (QED) is 0.696. The zero-order valence-electron chi connectivity index (χ0n) is 6.97. The summed E-state index contributed by atoms with van der Waals surface area (Å²) in [5.41, 5.74) is 0. The fourth-order valence-electron chi connectivity index (χ4n) is 0.869. The van der Waals surface area contributed by atoms with Crippen LogP contribution in [0.1, 0.15) is 0 Å². The number of halogens is 2. The highest BCUT2D eigenvalue weighted by Gasteiger charge is 2.01. The fourth-order valence-corrected chi connectivity index (χ4v) is 2.06. The van der Waals surface area contributed by atoms with E-state index in [4.69, 9.17) is 27.6 Å². The van der Waals surface area contributed by atoms with Crippen molar-refractivity contribution in [1.29, 1.82) is 0 Å². The fraction of sp³-hybridized carbons (Fsp3) is 0.250. The normalized spacial score (nSPS) is 10.4. The van der Waals surface area contributed by atoms with Crippen LogP contribution in [0.3, 0.4) is 0 Å². The third kappa shape index (κ3) is 3.05. The van der Waals surface area contributed by atoms with Crippen molar-refractivity contribution < 1.29 is 4.43 Å². The van der Waals surface area contributed by atoms with Gasteiger partial charge in [0.2, 0.25) is 9.04 Å². The highest BCUT2D eigenvalue weighted by molar-refractivity contribution is 6.49. The summed E-state index contributed by atoms with van der Waals surface area (Å²) in [6.45, 7) is 4.18. The SMILES string of the molecule is C[SiH](C)Oc1cc(Cl)cc(Cl)c1. The second kappa shape index (κ2) is 4.17. The Morgan fingerprint density at radius 1 is 1.08 bits per heavy atom. The van der Waals surface area contributed by atoms with Crippen LogP contribution < -0.4 is 4.43 Å². The Morgan fingerprint density at radius 2 is 1.58 bits per heavy atom. The van der Waals surface area contributed by atoms with E-state index >= 15 is 0 Å². The molecule has 0 aliphatic carbocycles. The van der Waals surface area contributed by atoms with Crippen molar-refractivity contribution in [2.75, 3.05) is 0 Å². The van der Waals surface area contributed by atoms with Crippen LogP contribution in [-0.4, -0.2) is 9.04 Å². The largest absolute Gasteiger partial charge is 0.547 e. The third-order valence-electron chi connectivity index (χ3n) is 1.21. The molecule has 0 amide bonds. The summed E-state index contributed by atoms with van der Waals surface area (Å²) >= 11 is 11.6. The molecule has 1 aromatic rings. The lowest BCUT2D eigenvalue weighted by atomic mass is 10.3. The first kappa shape index (κ1) is 9.90. The molecule has 12 heavy (non-hydrogen) atoms. The lowest BCUT2D eigenvalue weighted by Gasteiger charge is -2.09. The van der Waals surface area contributed by atoms with Gasteiger partial charge in [-0.25, -0.2) is 0 Å². The standard InChI is InChI=1S/C8H10Cl2OSi/c1-12(2)11-8-4-6(9)3-7(10)5-8/h3-5,12H,1-2H3. The number of rotatable bonds is 2. The minimum absolute atomic E-state index is 0.618. The van der Waals surface area contributed by atoms with E-state index in [0.717, 1.165) is 5.75 Å².